The van der Waals surface area contributed by atoms with Gasteiger partial charge in [-0.25, -0.2) is 0 Å². The summed E-state index contributed by atoms with van der Waals surface area (Å²) in [7, 11) is 2.03. The number of rotatable bonds is 6. The molecule has 2 nitrogen and oxygen atoms in total. The van der Waals surface area contributed by atoms with Crippen molar-refractivity contribution in [2.45, 2.75) is 24.3 Å². The Balaban J connectivity index is 1.91. The number of nitrogens with zero attached hydrogens (tertiary/aromatic N) is 1. The molecule has 0 aliphatic rings. The predicted octanol–water partition coefficient (Wildman–Crippen LogP) is 3.31. The largest absolute Gasteiger partial charge is 0.316 e. The van der Waals surface area contributed by atoms with E-state index >= 15 is 0 Å². The Bertz CT molecular complexity index is 499. The van der Waals surface area contributed by atoms with Crippen molar-refractivity contribution in [1.82, 2.24) is 10.3 Å². The van der Waals surface area contributed by atoms with Gasteiger partial charge in [-0.3, -0.25) is 4.98 Å². The second kappa shape index (κ2) is 7.31. The molecule has 0 aliphatic heterocycles. The first kappa shape index (κ1) is 14.1. The highest BCUT2D eigenvalue weighted by atomic mass is 32.2. The fourth-order valence-electron chi connectivity index (χ4n) is 1.96. The van der Waals surface area contributed by atoms with Crippen molar-refractivity contribution in [2.24, 2.45) is 0 Å². The van der Waals surface area contributed by atoms with Crippen molar-refractivity contribution in [3.63, 3.8) is 0 Å². The van der Waals surface area contributed by atoms with Gasteiger partial charge in [-0.1, -0.05) is 24.3 Å². The molecule has 100 valence electrons. The Hall–Kier alpha value is -1.32. The molecule has 0 aliphatic carbocycles. The molecule has 0 bridgehead atoms. The van der Waals surface area contributed by atoms with E-state index in [-0.39, 0.29) is 0 Å². The molecule has 0 radical (unpaired) electrons. The molecule has 2 aromatic rings. The summed E-state index contributed by atoms with van der Waals surface area (Å²) in [5.74, 6) is 1.07. The van der Waals surface area contributed by atoms with Crippen LogP contribution in [0.2, 0.25) is 0 Å². The highest BCUT2D eigenvalue weighted by Gasteiger charge is 2.09. The normalized spacial score (nSPS) is 12.3. The molecule has 3 heteroatoms. The van der Waals surface area contributed by atoms with E-state index in [1.807, 2.05) is 37.3 Å². The lowest BCUT2D eigenvalue weighted by molar-refractivity contribution is 0.616. The summed E-state index contributed by atoms with van der Waals surface area (Å²) >= 11 is 1.92. The second-order valence-electron chi connectivity index (χ2n) is 4.63. The molecule has 19 heavy (non-hydrogen) atoms. The van der Waals surface area contributed by atoms with Crippen molar-refractivity contribution < 1.29 is 0 Å². The number of hydrogen-bond acceptors (Lipinski definition) is 3. The third-order valence-corrected chi connectivity index (χ3v) is 4.48. The van der Waals surface area contributed by atoms with E-state index in [0.29, 0.717) is 6.04 Å². The zero-order valence-electron chi connectivity index (χ0n) is 11.5. The van der Waals surface area contributed by atoms with Crippen molar-refractivity contribution in [2.75, 3.05) is 12.8 Å². The lowest BCUT2D eigenvalue weighted by Crippen LogP contribution is -2.30. The Morgan fingerprint density at radius 1 is 1.21 bits per heavy atom. The van der Waals surface area contributed by atoms with Crippen molar-refractivity contribution in [3.8, 4) is 0 Å². The molecule has 0 spiro atoms. The Morgan fingerprint density at radius 3 is 2.74 bits per heavy atom. The number of hydrogen-bond donors (Lipinski definition) is 1. The summed E-state index contributed by atoms with van der Waals surface area (Å²) in [6, 6.07) is 13.1. The zero-order valence-corrected chi connectivity index (χ0v) is 12.3. The molecule has 1 heterocycles. The molecule has 1 aromatic heterocycles. The van der Waals surface area contributed by atoms with E-state index in [9.17, 15) is 0 Å². The van der Waals surface area contributed by atoms with Crippen LogP contribution in [-0.4, -0.2) is 23.8 Å². The van der Waals surface area contributed by atoms with Gasteiger partial charge in [0, 0.05) is 29.1 Å². The quantitative estimate of drug-likeness (QED) is 0.817. The van der Waals surface area contributed by atoms with Crippen molar-refractivity contribution >= 4 is 11.8 Å². The first-order valence-corrected chi connectivity index (χ1v) is 7.52. The fraction of sp³-hybridized carbons (Fsp3) is 0.312. The Kier molecular flexibility index (Phi) is 5.43. The van der Waals surface area contributed by atoms with Crippen LogP contribution in [-0.2, 0) is 6.42 Å². The van der Waals surface area contributed by atoms with Crippen LogP contribution < -0.4 is 5.32 Å². The minimum absolute atomic E-state index is 0.466. The maximum Gasteiger partial charge on any atom is 0.0300 e. The number of pyridine rings is 1. The molecular weight excluding hydrogens is 252 g/mol. The van der Waals surface area contributed by atoms with E-state index in [1.54, 1.807) is 0 Å². The van der Waals surface area contributed by atoms with Crippen LogP contribution >= 0.6 is 11.8 Å². The minimum Gasteiger partial charge on any atom is -0.316 e. The van der Waals surface area contributed by atoms with E-state index in [2.05, 4.69) is 47.6 Å². The van der Waals surface area contributed by atoms with Gasteiger partial charge in [0.05, 0.1) is 0 Å². The second-order valence-corrected chi connectivity index (χ2v) is 5.69. The van der Waals surface area contributed by atoms with Crippen LogP contribution in [0.15, 0.2) is 53.7 Å². The van der Waals surface area contributed by atoms with Gasteiger partial charge in [-0.2, -0.15) is 0 Å². The van der Waals surface area contributed by atoms with Crippen LogP contribution in [0.3, 0.4) is 0 Å². The molecule has 0 amide bonds. The summed E-state index contributed by atoms with van der Waals surface area (Å²) in [6.07, 6.45) is 4.78. The fourth-order valence-corrected chi connectivity index (χ4v) is 3.09. The molecule has 2 rings (SSSR count). The van der Waals surface area contributed by atoms with Crippen LogP contribution in [0.25, 0.3) is 0 Å². The highest BCUT2D eigenvalue weighted by molar-refractivity contribution is 7.99. The summed E-state index contributed by atoms with van der Waals surface area (Å²) in [5.41, 5.74) is 2.64. The van der Waals surface area contributed by atoms with E-state index in [4.69, 9.17) is 0 Å². The molecular formula is C16H20N2S. The first-order chi connectivity index (χ1) is 9.29. The predicted molar refractivity (Wildman–Crippen MR) is 82.7 cm³/mol. The summed E-state index contributed by atoms with van der Waals surface area (Å²) in [5, 5.41) is 3.39. The average Bonchev–Trinajstić information content (AvgIpc) is 2.46. The topological polar surface area (TPSA) is 24.9 Å². The first-order valence-electron chi connectivity index (χ1n) is 6.54. The SMILES string of the molecule is CNC(CSc1ccccc1C)Cc1cccnc1. The van der Waals surface area contributed by atoms with Gasteiger partial charge in [-0.05, 0) is 43.7 Å². The molecule has 1 atom stereocenters. The Labute approximate surface area is 119 Å². The number of benzene rings is 1. The van der Waals surface area contributed by atoms with Gasteiger partial charge in [0.2, 0.25) is 0 Å². The van der Waals surface area contributed by atoms with Crippen molar-refractivity contribution in [3.05, 3.63) is 59.9 Å². The average molecular weight is 272 g/mol. The monoisotopic (exact) mass is 272 g/mol. The van der Waals surface area contributed by atoms with Crippen LogP contribution in [0, 0.1) is 6.92 Å². The van der Waals surface area contributed by atoms with E-state index in [1.165, 1.54) is 16.0 Å². The lowest BCUT2D eigenvalue weighted by atomic mass is 10.1. The van der Waals surface area contributed by atoms with Crippen LogP contribution in [0.5, 0.6) is 0 Å². The molecule has 0 fully saturated rings. The van der Waals surface area contributed by atoms with Gasteiger partial charge in [0.15, 0.2) is 0 Å². The maximum atomic E-state index is 4.17. The van der Waals surface area contributed by atoms with E-state index < -0.39 is 0 Å². The minimum atomic E-state index is 0.466. The summed E-state index contributed by atoms with van der Waals surface area (Å²) in [6.45, 7) is 2.16. The molecule has 1 aromatic carbocycles. The lowest BCUT2D eigenvalue weighted by Gasteiger charge is -2.16. The van der Waals surface area contributed by atoms with Gasteiger partial charge >= 0.3 is 0 Å². The van der Waals surface area contributed by atoms with E-state index in [0.717, 1.165) is 12.2 Å². The molecule has 0 saturated carbocycles. The number of likely N-dealkylation sites (N-methyl/N-ethyl adjacent to an activating group) is 1. The molecule has 0 saturated heterocycles. The van der Waals surface area contributed by atoms with Gasteiger partial charge in [0.1, 0.15) is 0 Å². The Morgan fingerprint density at radius 2 is 2.05 bits per heavy atom. The molecule has 1 unspecified atom stereocenters. The summed E-state index contributed by atoms with van der Waals surface area (Å²) in [4.78, 5) is 5.54. The zero-order chi connectivity index (χ0) is 13.5. The number of aryl methyl sites for hydroxylation is 1. The highest BCUT2D eigenvalue weighted by Crippen LogP contribution is 2.23. The van der Waals surface area contributed by atoms with Gasteiger partial charge < -0.3 is 5.32 Å². The smallest absolute Gasteiger partial charge is 0.0300 e. The van der Waals surface area contributed by atoms with Gasteiger partial charge in [0.25, 0.3) is 0 Å². The number of thioether (sulfide) groups is 1. The third kappa shape index (κ3) is 4.37. The maximum absolute atomic E-state index is 4.17. The van der Waals surface area contributed by atoms with Crippen LogP contribution in [0.1, 0.15) is 11.1 Å². The number of aromatic nitrogens is 1. The third-order valence-electron chi connectivity index (χ3n) is 3.15. The number of nitrogens with one attached hydrogen (secondary N) is 1. The van der Waals surface area contributed by atoms with Crippen molar-refractivity contribution in [1.29, 1.82) is 0 Å². The van der Waals surface area contributed by atoms with Crippen LogP contribution in [0.4, 0.5) is 0 Å². The standard InChI is InChI=1S/C16H20N2S/c1-13-6-3-4-8-16(13)19-12-15(17-2)10-14-7-5-9-18-11-14/h3-9,11,15,17H,10,12H2,1-2H3. The van der Waals surface area contributed by atoms with Gasteiger partial charge in [-0.15, -0.1) is 11.8 Å². The summed E-state index contributed by atoms with van der Waals surface area (Å²) < 4.78 is 0. The molecule has 1 N–H and O–H groups in total.